The molecule has 0 atom stereocenters. The lowest BCUT2D eigenvalue weighted by atomic mass is 10.2. The molecule has 22 heavy (non-hydrogen) atoms. The molecule has 0 aliphatic heterocycles. The first-order valence-corrected chi connectivity index (χ1v) is 6.77. The van der Waals surface area contributed by atoms with Gasteiger partial charge in [-0.3, -0.25) is 0 Å². The molecule has 1 aromatic carbocycles. The van der Waals surface area contributed by atoms with Gasteiger partial charge < -0.3 is 14.0 Å². The zero-order valence-electron chi connectivity index (χ0n) is 11.9. The molecule has 0 aliphatic rings. The summed E-state index contributed by atoms with van der Waals surface area (Å²) in [6.07, 6.45) is 1.58. The molecule has 0 saturated carbocycles. The largest absolute Gasteiger partial charge is 0.493 e. The summed E-state index contributed by atoms with van der Waals surface area (Å²) in [7, 11) is 3.15. The highest BCUT2D eigenvalue weighted by atomic mass is 35.5. The Morgan fingerprint density at radius 1 is 1.00 bits per heavy atom. The summed E-state index contributed by atoms with van der Waals surface area (Å²) in [5, 5.41) is 4.34. The van der Waals surface area contributed by atoms with Crippen molar-refractivity contribution in [3.63, 3.8) is 0 Å². The van der Waals surface area contributed by atoms with Crippen LogP contribution in [0.25, 0.3) is 22.8 Å². The molecular formula is C15H12ClN3O3. The number of halogens is 1. The maximum atomic E-state index is 5.86. The summed E-state index contributed by atoms with van der Waals surface area (Å²) < 4.78 is 15.7. The van der Waals surface area contributed by atoms with Crippen LogP contribution in [0.4, 0.5) is 0 Å². The Kier molecular flexibility index (Phi) is 3.93. The van der Waals surface area contributed by atoms with Crippen LogP contribution in [0.2, 0.25) is 5.15 Å². The van der Waals surface area contributed by atoms with Crippen molar-refractivity contribution < 1.29 is 14.0 Å². The normalized spacial score (nSPS) is 10.5. The number of pyridine rings is 1. The molecule has 6 nitrogen and oxygen atoms in total. The molecule has 112 valence electrons. The highest BCUT2D eigenvalue weighted by Crippen LogP contribution is 2.32. The van der Waals surface area contributed by atoms with E-state index in [2.05, 4.69) is 15.1 Å². The summed E-state index contributed by atoms with van der Waals surface area (Å²) in [5.41, 5.74) is 1.46. The lowest BCUT2D eigenvalue weighted by molar-refractivity contribution is 0.355. The summed E-state index contributed by atoms with van der Waals surface area (Å²) in [6.45, 7) is 0. The van der Waals surface area contributed by atoms with Crippen LogP contribution in [0, 0.1) is 0 Å². The topological polar surface area (TPSA) is 70.3 Å². The molecule has 0 spiro atoms. The third kappa shape index (κ3) is 2.73. The number of rotatable bonds is 4. The van der Waals surface area contributed by atoms with Gasteiger partial charge in [0.15, 0.2) is 11.5 Å². The van der Waals surface area contributed by atoms with Gasteiger partial charge in [0.25, 0.3) is 5.89 Å². The van der Waals surface area contributed by atoms with Crippen molar-refractivity contribution in [2.45, 2.75) is 0 Å². The van der Waals surface area contributed by atoms with Crippen molar-refractivity contribution in [3.8, 4) is 34.3 Å². The van der Waals surface area contributed by atoms with Crippen molar-refractivity contribution in [1.29, 1.82) is 0 Å². The summed E-state index contributed by atoms with van der Waals surface area (Å²) in [6, 6.07) is 8.81. The summed E-state index contributed by atoms with van der Waals surface area (Å²) in [5.74, 6) is 2.05. The van der Waals surface area contributed by atoms with E-state index >= 15 is 0 Å². The first kappa shape index (κ1) is 14.3. The number of hydrogen-bond donors (Lipinski definition) is 0. The van der Waals surface area contributed by atoms with E-state index in [0.29, 0.717) is 33.9 Å². The van der Waals surface area contributed by atoms with Gasteiger partial charge in [0, 0.05) is 17.3 Å². The van der Waals surface area contributed by atoms with Gasteiger partial charge in [-0.2, -0.15) is 4.98 Å². The van der Waals surface area contributed by atoms with Crippen LogP contribution in [-0.2, 0) is 0 Å². The molecule has 0 unspecified atom stereocenters. The minimum absolute atomic E-state index is 0.364. The molecule has 0 radical (unpaired) electrons. The Hall–Kier alpha value is -2.60. The van der Waals surface area contributed by atoms with E-state index < -0.39 is 0 Å². The van der Waals surface area contributed by atoms with Gasteiger partial charge in [-0.25, -0.2) is 4.98 Å². The van der Waals surface area contributed by atoms with Gasteiger partial charge in [-0.1, -0.05) is 16.8 Å². The smallest absolute Gasteiger partial charge is 0.258 e. The predicted molar refractivity (Wildman–Crippen MR) is 81.1 cm³/mol. The molecular weight excluding hydrogens is 306 g/mol. The Morgan fingerprint density at radius 3 is 2.55 bits per heavy atom. The molecule has 0 aliphatic carbocycles. The van der Waals surface area contributed by atoms with Crippen LogP contribution >= 0.6 is 11.6 Å². The second kappa shape index (κ2) is 6.03. The fraction of sp³-hybridized carbons (Fsp3) is 0.133. The second-order valence-electron chi connectivity index (χ2n) is 4.36. The zero-order valence-corrected chi connectivity index (χ0v) is 12.7. The molecule has 0 saturated heterocycles. The van der Waals surface area contributed by atoms with Crippen molar-refractivity contribution in [1.82, 2.24) is 15.1 Å². The van der Waals surface area contributed by atoms with Crippen LogP contribution in [0.1, 0.15) is 0 Å². The highest BCUT2D eigenvalue weighted by molar-refractivity contribution is 6.29. The van der Waals surface area contributed by atoms with E-state index in [1.807, 2.05) is 6.07 Å². The van der Waals surface area contributed by atoms with Gasteiger partial charge >= 0.3 is 0 Å². The minimum Gasteiger partial charge on any atom is -0.493 e. The number of benzene rings is 1. The number of methoxy groups -OCH3 is 2. The third-order valence-electron chi connectivity index (χ3n) is 3.04. The third-order valence-corrected chi connectivity index (χ3v) is 3.25. The van der Waals surface area contributed by atoms with E-state index in [1.54, 1.807) is 44.7 Å². The van der Waals surface area contributed by atoms with Gasteiger partial charge in [0.05, 0.1) is 14.2 Å². The minimum atomic E-state index is 0.364. The van der Waals surface area contributed by atoms with E-state index in [1.165, 1.54) is 0 Å². The SMILES string of the molecule is COc1ccc(-c2noc(-c3ccnc(Cl)c3)n2)cc1OC. The molecule has 0 fully saturated rings. The van der Waals surface area contributed by atoms with Crippen molar-refractivity contribution in [2.75, 3.05) is 14.2 Å². The van der Waals surface area contributed by atoms with E-state index in [4.69, 9.17) is 25.6 Å². The lowest BCUT2D eigenvalue weighted by Crippen LogP contribution is -1.91. The standard InChI is InChI=1S/C15H12ClN3O3/c1-20-11-4-3-9(7-12(11)21-2)14-18-15(22-19-14)10-5-6-17-13(16)8-10/h3-8H,1-2H3. The van der Waals surface area contributed by atoms with Crippen molar-refractivity contribution in [2.24, 2.45) is 0 Å². The first-order chi connectivity index (χ1) is 10.7. The molecule has 3 rings (SSSR count). The van der Waals surface area contributed by atoms with Crippen molar-refractivity contribution in [3.05, 3.63) is 41.7 Å². The van der Waals surface area contributed by atoms with Crippen LogP contribution in [0.15, 0.2) is 41.1 Å². The maximum Gasteiger partial charge on any atom is 0.258 e. The number of hydrogen-bond acceptors (Lipinski definition) is 6. The maximum absolute atomic E-state index is 5.86. The van der Waals surface area contributed by atoms with E-state index in [9.17, 15) is 0 Å². The van der Waals surface area contributed by atoms with Crippen LogP contribution in [0.5, 0.6) is 11.5 Å². The van der Waals surface area contributed by atoms with E-state index in [-0.39, 0.29) is 0 Å². The highest BCUT2D eigenvalue weighted by Gasteiger charge is 2.13. The Balaban J connectivity index is 1.97. The van der Waals surface area contributed by atoms with Crippen LogP contribution in [0.3, 0.4) is 0 Å². The monoisotopic (exact) mass is 317 g/mol. The first-order valence-electron chi connectivity index (χ1n) is 6.39. The summed E-state index contributed by atoms with van der Waals surface area (Å²) >= 11 is 5.86. The molecule has 3 aromatic rings. The lowest BCUT2D eigenvalue weighted by Gasteiger charge is -2.07. The Bertz CT molecular complexity index is 804. The molecule has 7 heteroatoms. The van der Waals surface area contributed by atoms with Crippen molar-refractivity contribution >= 4 is 11.6 Å². The van der Waals surface area contributed by atoms with Gasteiger partial charge in [0.2, 0.25) is 5.82 Å². The second-order valence-corrected chi connectivity index (χ2v) is 4.75. The fourth-order valence-corrected chi connectivity index (χ4v) is 2.14. The quantitative estimate of drug-likeness (QED) is 0.686. The summed E-state index contributed by atoms with van der Waals surface area (Å²) in [4.78, 5) is 8.28. The molecule has 0 bridgehead atoms. The Morgan fingerprint density at radius 2 is 1.82 bits per heavy atom. The molecule has 0 N–H and O–H groups in total. The number of nitrogens with zero attached hydrogens (tertiary/aromatic N) is 3. The average Bonchev–Trinajstić information content (AvgIpc) is 3.04. The average molecular weight is 318 g/mol. The Labute approximate surface area is 131 Å². The predicted octanol–water partition coefficient (Wildman–Crippen LogP) is 3.47. The molecule has 0 amide bonds. The number of ether oxygens (including phenoxy) is 2. The number of aromatic nitrogens is 3. The van der Waals surface area contributed by atoms with E-state index in [0.717, 1.165) is 5.56 Å². The van der Waals surface area contributed by atoms with Crippen LogP contribution < -0.4 is 9.47 Å². The van der Waals surface area contributed by atoms with Crippen LogP contribution in [-0.4, -0.2) is 29.3 Å². The molecule has 2 aromatic heterocycles. The zero-order chi connectivity index (χ0) is 15.5. The van der Waals surface area contributed by atoms with Gasteiger partial charge in [-0.15, -0.1) is 0 Å². The molecule has 2 heterocycles. The fourth-order valence-electron chi connectivity index (χ4n) is 1.97. The van der Waals surface area contributed by atoms with Gasteiger partial charge in [0.1, 0.15) is 5.15 Å². The van der Waals surface area contributed by atoms with Gasteiger partial charge in [-0.05, 0) is 30.3 Å².